The molecule has 1 aliphatic carbocycles. The van der Waals surface area contributed by atoms with Crippen LogP contribution in [0.15, 0.2) is 12.1 Å². The third-order valence-electron chi connectivity index (χ3n) is 2.55. The van der Waals surface area contributed by atoms with E-state index < -0.39 is 0 Å². The third kappa shape index (κ3) is 1.20. The average Bonchev–Trinajstić information content (AvgIpc) is 2.90. The van der Waals surface area contributed by atoms with Crippen molar-refractivity contribution >= 4 is 22.6 Å². The molecular weight excluding hydrogens is 198 g/mol. The highest BCUT2D eigenvalue weighted by Crippen LogP contribution is 2.34. The lowest BCUT2D eigenvalue weighted by Crippen LogP contribution is -1.97. The van der Waals surface area contributed by atoms with Crippen LogP contribution in [0.1, 0.15) is 24.4 Å². The largest absolute Gasteiger partial charge is 0.181 e. The molecule has 1 aromatic carbocycles. The normalized spacial score (nSPS) is 16.4. The van der Waals surface area contributed by atoms with Crippen LogP contribution in [0.5, 0.6) is 0 Å². The topological polar surface area (TPSA) is 30.7 Å². The van der Waals surface area contributed by atoms with Gasteiger partial charge < -0.3 is 0 Å². The summed E-state index contributed by atoms with van der Waals surface area (Å²) in [6.45, 7) is 1.98. The van der Waals surface area contributed by atoms with Crippen LogP contribution < -0.4 is 0 Å². The lowest BCUT2D eigenvalue weighted by atomic mass is 10.2. The van der Waals surface area contributed by atoms with Gasteiger partial charge in [-0.15, -0.1) is 0 Å². The molecule has 4 heteroatoms. The molecule has 1 heterocycles. The smallest absolute Gasteiger partial charge is 0.114 e. The maximum Gasteiger partial charge on any atom is 0.114 e. The van der Waals surface area contributed by atoms with E-state index >= 15 is 0 Å². The van der Waals surface area contributed by atoms with Crippen LogP contribution in [-0.2, 0) is 0 Å². The van der Waals surface area contributed by atoms with Crippen molar-refractivity contribution in [2.75, 3.05) is 0 Å². The van der Waals surface area contributed by atoms with Gasteiger partial charge in [-0.25, -0.2) is 0 Å². The van der Waals surface area contributed by atoms with E-state index in [1.165, 1.54) is 12.8 Å². The molecule has 0 spiro atoms. The Hall–Kier alpha value is -1.09. The summed E-state index contributed by atoms with van der Waals surface area (Å²) < 4.78 is 0. The molecule has 14 heavy (non-hydrogen) atoms. The number of fused-ring (bicyclic) bond motifs is 1. The molecule has 72 valence electrons. The minimum absolute atomic E-state index is 0.529. The van der Waals surface area contributed by atoms with Crippen LogP contribution >= 0.6 is 11.6 Å². The molecule has 1 aliphatic rings. The summed E-state index contributed by atoms with van der Waals surface area (Å²) in [6, 6.07) is 4.41. The van der Waals surface area contributed by atoms with Crippen molar-refractivity contribution < 1.29 is 0 Å². The summed E-state index contributed by atoms with van der Waals surface area (Å²) in [6.07, 6.45) is 2.40. The third-order valence-corrected chi connectivity index (χ3v) is 2.96. The minimum Gasteiger partial charge on any atom is -0.181 e. The standard InChI is InChI=1S/C10H10ClN3/c1-6-4-9-10(5-8(6)11)13-14(12-9)7-2-3-7/h4-5,7H,2-3H2,1H3. The SMILES string of the molecule is Cc1cc2nn(C3CC3)nc2cc1Cl. The molecule has 0 amide bonds. The molecule has 0 aliphatic heterocycles. The summed E-state index contributed by atoms with van der Waals surface area (Å²) in [5.74, 6) is 0. The summed E-state index contributed by atoms with van der Waals surface area (Å²) in [5, 5.41) is 9.59. The second-order valence-electron chi connectivity index (χ2n) is 3.84. The molecule has 0 radical (unpaired) electrons. The number of hydrogen-bond acceptors (Lipinski definition) is 2. The fourth-order valence-electron chi connectivity index (χ4n) is 1.53. The first-order valence-electron chi connectivity index (χ1n) is 4.77. The number of aromatic nitrogens is 3. The van der Waals surface area contributed by atoms with Gasteiger partial charge in [0.25, 0.3) is 0 Å². The molecule has 0 bridgehead atoms. The maximum absolute atomic E-state index is 6.02. The van der Waals surface area contributed by atoms with Gasteiger partial charge in [-0.05, 0) is 37.5 Å². The van der Waals surface area contributed by atoms with Crippen molar-refractivity contribution in [1.29, 1.82) is 0 Å². The average molecular weight is 208 g/mol. The van der Waals surface area contributed by atoms with Crippen molar-refractivity contribution in [2.45, 2.75) is 25.8 Å². The van der Waals surface area contributed by atoms with Gasteiger partial charge in [0.1, 0.15) is 11.0 Å². The molecule has 0 unspecified atom stereocenters. The Morgan fingerprint density at radius 2 is 1.93 bits per heavy atom. The first-order valence-corrected chi connectivity index (χ1v) is 5.14. The highest BCUT2D eigenvalue weighted by atomic mass is 35.5. The van der Waals surface area contributed by atoms with Gasteiger partial charge in [0.15, 0.2) is 0 Å². The highest BCUT2D eigenvalue weighted by molar-refractivity contribution is 6.32. The van der Waals surface area contributed by atoms with Crippen LogP contribution in [-0.4, -0.2) is 15.0 Å². The number of nitrogens with zero attached hydrogens (tertiary/aromatic N) is 3. The van der Waals surface area contributed by atoms with Crippen LogP contribution in [0.4, 0.5) is 0 Å². The molecule has 3 rings (SSSR count). The Labute approximate surface area is 86.7 Å². The minimum atomic E-state index is 0.529. The fourth-order valence-corrected chi connectivity index (χ4v) is 1.69. The van der Waals surface area contributed by atoms with E-state index in [9.17, 15) is 0 Å². The Morgan fingerprint density at radius 3 is 2.57 bits per heavy atom. The quantitative estimate of drug-likeness (QED) is 0.720. The second-order valence-corrected chi connectivity index (χ2v) is 4.25. The molecule has 0 atom stereocenters. The number of benzene rings is 1. The number of rotatable bonds is 1. The van der Waals surface area contributed by atoms with Gasteiger partial charge in [0.2, 0.25) is 0 Å². The van der Waals surface area contributed by atoms with Crippen LogP contribution in [0.25, 0.3) is 11.0 Å². The lowest BCUT2D eigenvalue weighted by Gasteiger charge is -1.93. The van der Waals surface area contributed by atoms with E-state index in [2.05, 4.69) is 10.2 Å². The van der Waals surface area contributed by atoms with Gasteiger partial charge in [0.05, 0.1) is 6.04 Å². The van der Waals surface area contributed by atoms with E-state index in [-0.39, 0.29) is 0 Å². The molecular formula is C10H10ClN3. The summed E-state index contributed by atoms with van der Waals surface area (Å²) in [7, 11) is 0. The van der Waals surface area contributed by atoms with E-state index in [1.807, 2.05) is 23.9 Å². The van der Waals surface area contributed by atoms with Crippen LogP contribution in [0.3, 0.4) is 0 Å². The molecule has 0 N–H and O–H groups in total. The van der Waals surface area contributed by atoms with E-state index in [1.54, 1.807) is 0 Å². The fraction of sp³-hybridized carbons (Fsp3) is 0.400. The molecule has 3 nitrogen and oxygen atoms in total. The number of aryl methyl sites for hydroxylation is 1. The highest BCUT2D eigenvalue weighted by Gasteiger charge is 2.26. The zero-order valence-electron chi connectivity index (χ0n) is 7.87. The van der Waals surface area contributed by atoms with Crippen molar-refractivity contribution in [3.8, 4) is 0 Å². The number of halogens is 1. The predicted octanol–water partition coefficient (Wildman–Crippen LogP) is 2.73. The lowest BCUT2D eigenvalue weighted by molar-refractivity contribution is 0.562. The van der Waals surface area contributed by atoms with Crippen molar-refractivity contribution in [2.24, 2.45) is 0 Å². The summed E-state index contributed by atoms with van der Waals surface area (Å²) in [4.78, 5) is 1.82. The molecule has 1 aromatic heterocycles. The van der Waals surface area contributed by atoms with Crippen molar-refractivity contribution in [3.05, 3.63) is 22.7 Å². The van der Waals surface area contributed by atoms with Crippen molar-refractivity contribution in [3.63, 3.8) is 0 Å². The zero-order chi connectivity index (χ0) is 9.71. The molecule has 1 saturated carbocycles. The van der Waals surface area contributed by atoms with Gasteiger partial charge in [0, 0.05) is 5.02 Å². The Bertz CT molecular complexity index is 460. The second kappa shape index (κ2) is 2.70. The van der Waals surface area contributed by atoms with E-state index in [4.69, 9.17) is 11.6 Å². The first kappa shape index (κ1) is 8.24. The van der Waals surface area contributed by atoms with Gasteiger partial charge in [-0.1, -0.05) is 11.6 Å². The van der Waals surface area contributed by atoms with Crippen molar-refractivity contribution in [1.82, 2.24) is 15.0 Å². The van der Waals surface area contributed by atoms with E-state index in [0.717, 1.165) is 21.6 Å². The molecule has 2 aromatic rings. The number of hydrogen-bond donors (Lipinski definition) is 0. The van der Waals surface area contributed by atoms with Gasteiger partial charge >= 0.3 is 0 Å². The Kier molecular flexibility index (Phi) is 1.59. The molecule has 1 fully saturated rings. The van der Waals surface area contributed by atoms with Crippen LogP contribution in [0, 0.1) is 6.92 Å². The predicted molar refractivity (Wildman–Crippen MR) is 55.5 cm³/mol. The van der Waals surface area contributed by atoms with E-state index in [0.29, 0.717) is 6.04 Å². The first-order chi connectivity index (χ1) is 6.74. The summed E-state index contributed by atoms with van der Waals surface area (Å²) in [5.41, 5.74) is 2.90. The van der Waals surface area contributed by atoms with Gasteiger partial charge in [-0.3, -0.25) is 0 Å². The summed E-state index contributed by atoms with van der Waals surface area (Å²) >= 11 is 6.02. The zero-order valence-corrected chi connectivity index (χ0v) is 8.62. The van der Waals surface area contributed by atoms with Crippen LogP contribution in [0.2, 0.25) is 5.02 Å². The monoisotopic (exact) mass is 207 g/mol. The molecule has 0 saturated heterocycles. The van der Waals surface area contributed by atoms with Gasteiger partial charge in [-0.2, -0.15) is 15.0 Å². The maximum atomic E-state index is 6.02. The Balaban J connectivity index is 2.22. The Morgan fingerprint density at radius 1 is 1.29 bits per heavy atom.